The summed E-state index contributed by atoms with van der Waals surface area (Å²) in [5.74, 6) is -0.353. The molecule has 0 unspecified atom stereocenters. The third kappa shape index (κ3) is 3.37. The van der Waals surface area contributed by atoms with Gasteiger partial charge in [-0.2, -0.15) is 0 Å². The zero-order valence-electron chi connectivity index (χ0n) is 11.2. The summed E-state index contributed by atoms with van der Waals surface area (Å²) >= 11 is 0. The molecule has 7 heteroatoms. The molecule has 1 amide bonds. The van der Waals surface area contributed by atoms with Crippen molar-refractivity contribution >= 4 is 25.6 Å². The molecular formula is C14H15ClFNO3S. The topological polar surface area (TPSA) is 63.2 Å². The summed E-state index contributed by atoms with van der Waals surface area (Å²) < 4.78 is 36.2. The van der Waals surface area contributed by atoms with Crippen LogP contribution < -0.4 is 5.32 Å². The molecule has 0 aromatic heterocycles. The molecule has 2 saturated carbocycles. The van der Waals surface area contributed by atoms with Crippen molar-refractivity contribution in [3.8, 4) is 0 Å². The molecule has 114 valence electrons. The van der Waals surface area contributed by atoms with Crippen molar-refractivity contribution in [1.82, 2.24) is 5.32 Å². The number of amides is 1. The summed E-state index contributed by atoms with van der Waals surface area (Å²) in [5.41, 5.74) is -0.148. The minimum atomic E-state index is -4.00. The van der Waals surface area contributed by atoms with Gasteiger partial charge in [-0.05, 0) is 55.7 Å². The summed E-state index contributed by atoms with van der Waals surface area (Å²) in [5, 5.41) is 2.89. The van der Waals surface area contributed by atoms with E-state index in [9.17, 15) is 17.6 Å². The molecule has 1 N–H and O–H groups in total. The van der Waals surface area contributed by atoms with Gasteiger partial charge in [0.2, 0.25) is 0 Å². The Morgan fingerprint density at radius 2 is 1.81 bits per heavy atom. The average Bonchev–Trinajstić information content (AvgIpc) is 3.27. The van der Waals surface area contributed by atoms with E-state index >= 15 is 0 Å². The van der Waals surface area contributed by atoms with Gasteiger partial charge in [-0.1, -0.05) is 0 Å². The van der Waals surface area contributed by atoms with Crippen molar-refractivity contribution in [2.75, 3.05) is 0 Å². The summed E-state index contributed by atoms with van der Waals surface area (Å²) in [6.07, 6.45) is 4.42. The Morgan fingerprint density at radius 3 is 2.24 bits per heavy atom. The number of rotatable bonds is 5. The fraction of sp³-hybridized carbons (Fsp3) is 0.500. The lowest BCUT2D eigenvalue weighted by Crippen LogP contribution is -2.38. The number of benzene rings is 1. The second kappa shape index (κ2) is 5.25. The fourth-order valence-corrected chi connectivity index (χ4v) is 3.35. The first kappa shape index (κ1) is 14.8. The molecule has 0 atom stereocenters. The van der Waals surface area contributed by atoms with Crippen LogP contribution in [0.4, 0.5) is 4.39 Å². The zero-order chi connectivity index (χ0) is 15.2. The molecular weight excluding hydrogens is 317 g/mol. The molecule has 0 saturated heterocycles. The van der Waals surface area contributed by atoms with Gasteiger partial charge in [0.25, 0.3) is 15.0 Å². The second-order valence-electron chi connectivity index (χ2n) is 5.75. The van der Waals surface area contributed by atoms with Crippen LogP contribution in [0, 0.1) is 17.7 Å². The third-order valence-electron chi connectivity index (χ3n) is 4.02. The van der Waals surface area contributed by atoms with Crippen molar-refractivity contribution in [3.05, 3.63) is 29.6 Å². The van der Waals surface area contributed by atoms with E-state index in [0.717, 1.165) is 43.9 Å². The number of hydrogen-bond acceptors (Lipinski definition) is 3. The van der Waals surface area contributed by atoms with Crippen LogP contribution in [0.2, 0.25) is 0 Å². The summed E-state index contributed by atoms with van der Waals surface area (Å²) in [4.78, 5) is 11.8. The summed E-state index contributed by atoms with van der Waals surface area (Å²) in [6, 6.07) is 3.20. The van der Waals surface area contributed by atoms with Crippen LogP contribution in [0.3, 0.4) is 0 Å². The molecule has 0 spiro atoms. The molecule has 2 aliphatic carbocycles. The van der Waals surface area contributed by atoms with E-state index in [4.69, 9.17) is 10.7 Å². The van der Waals surface area contributed by atoms with Gasteiger partial charge in [-0.3, -0.25) is 4.79 Å². The molecule has 0 bridgehead atoms. The van der Waals surface area contributed by atoms with E-state index in [2.05, 4.69) is 5.32 Å². The number of carbonyl (C=O) groups is 1. The number of carbonyl (C=O) groups excluding carboxylic acids is 1. The lowest BCUT2D eigenvalue weighted by molar-refractivity contribution is 0.0922. The quantitative estimate of drug-likeness (QED) is 0.844. The van der Waals surface area contributed by atoms with Crippen molar-refractivity contribution in [2.24, 2.45) is 11.8 Å². The van der Waals surface area contributed by atoms with E-state index in [1.807, 2.05) is 0 Å². The Bertz CT molecular complexity index is 671. The van der Waals surface area contributed by atoms with Gasteiger partial charge in [0, 0.05) is 16.7 Å². The minimum Gasteiger partial charge on any atom is -0.349 e. The maximum absolute atomic E-state index is 13.9. The van der Waals surface area contributed by atoms with Crippen LogP contribution in [0.15, 0.2) is 23.1 Å². The summed E-state index contributed by atoms with van der Waals surface area (Å²) in [7, 11) is 1.15. The van der Waals surface area contributed by atoms with Crippen LogP contribution in [0.25, 0.3) is 0 Å². The SMILES string of the molecule is O=C(NC(C1CC1)C1CC1)c1ccc(S(=O)(=O)Cl)cc1F. The maximum Gasteiger partial charge on any atom is 0.261 e. The van der Waals surface area contributed by atoms with Crippen molar-refractivity contribution < 1.29 is 17.6 Å². The maximum atomic E-state index is 13.9. The first-order chi connectivity index (χ1) is 9.86. The van der Waals surface area contributed by atoms with E-state index in [0.29, 0.717) is 11.8 Å². The normalized spacial score (nSPS) is 18.8. The van der Waals surface area contributed by atoms with Gasteiger partial charge in [0.1, 0.15) is 5.82 Å². The van der Waals surface area contributed by atoms with Gasteiger partial charge in [-0.25, -0.2) is 12.8 Å². The Labute approximate surface area is 127 Å². The van der Waals surface area contributed by atoms with Gasteiger partial charge in [0.05, 0.1) is 10.5 Å². The Balaban J connectivity index is 1.78. The lowest BCUT2D eigenvalue weighted by atomic mass is 10.1. The molecule has 1 aromatic carbocycles. The minimum absolute atomic E-state index is 0.119. The van der Waals surface area contributed by atoms with Crippen LogP contribution in [-0.4, -0.2) is 20.4 Å². The van der Waals surface area contributed by atoms with Gasteiger partial charge < -0.3 is 5.32 Å². The van der Waals surface area contributed by atoms with Crippen molar-refractivity contribution in [3.63, 3.8) is 0 Å². The second-order valence-corrected chi connectivity index (χ2v) is 8.32. The zero-order valence-corrected chi connectivity index (χ0v) is 12.8. The fourth-order valence-electron chi connectivity index (χ4n) is 2.59. The van der Waals surface area contributed by atoms with Crippen LogP contribution in [0.1, 0.15) is 36.0 Å². The van der Waals surface area contributed by atoms with E-state index in [1.165, 1.54) is 0 Å². The molecule has 2 aliphatic rings. The number of nitrogens with one attached hydrogen (secondary N) is 1. The predicted molar refractivity (Wildman–Crippen MR) is 76.1 cm³/mol. The van der Waals surface area contributed by atoms with Crippen LogP contribution >= 0.6 is 10.7 Å². The first-order valence-corrected chi connectivity index (χ1v) is 9.22. The average molecular weight is 332 g/mol. The molecule has 21 heavy (non-hydrogen) atoms. The Kier molecular flexibility index (Phi) is 3.69. The molecule has 3 rings (SSSR count). The van der Waals surface area contributed by atoms with E-state index in [-0.39, 0.29) is 16.5 Å². The Hall–Kier alpha value is -1.14. The predicted octanol–water partition coefficient (Wildman–Crippen LogP) is 2.67. The van der Waals surface area contributed by atoms with E-state index < -0.39 is 20.8 Å². The molecule has 0 heterocycles. The van der Waals surface area contributed by atoms with Gasteiger partial charge in [0.15, 0.2) is 0 Å². The van der Waals surface area contributed by atoms with E-state index in [1.54, 1.807) is 0 Å². The standard InChI is InChI=1S/C14H15ClFNO3S/c15-21(19,20)10-5-6-11(12(16)7-10)14(18)17-13(8-1-2-8)9-3-4-9/h5-9,13H,1-4H2,(H,17,18). The smallest absolute Gasteiger partial charge is 0.261 e. The lowest BCUT2D eigenvalue weighted by Gasteiger charge is -2.18. The van der Waals surface area contributed by atoms with Crippen molar-refractivity contribution in [2.45, 2.75) is 36.6 Å². The highest BCUT2D eigenvalue weighted by molar-refractivity contribution is 8.13. The van der Waals surface area contributed by atoms with Crippen LogP contribution in [-0.2, 0) is 9.05 Å². The molecule has 2 fully saturated rings. The van der Waals surface area contributed by atoms with Gasteiger partial charge >= 0.3 is 0 Å². The van der Waals surface area contributed by atoms with Crippen LogP contribution in [0.5, 0.6) is 0 Å². The number of hydrogen-bond donors (Lipinski definition) is 1. The largest absolute Gasteiger partial charge is 0.349 e. The monoisotopic (exact) mass is 331 g/mol. The molecule has 0 radical (unpaired) electrons. The highest BCUT2D eigenvalue weighted by Crippen LogP contribution is 2.44. The highest BCUT2D eigenvalue weighted by atomic mass is 35.7. The first-order valence-electron chi connectivity index (χ1n) is 6.91. The molecule has 1 aromatic rings. The molecule has 4 nitrogen and oxygen atoms in total. The Morgan fingerprint density at radius 1 is 1.24 bits per heavy atom. The van der Waals surface area contributed by atoms with Gasteiger partial charge in [-0.15, -0.1) is 0 Å². The highest BCUT2D eigenvalue weighted by Gasteiger charge is 2.42. The molecule has 0 aliphatic heterocycles. The summed E-state index contributed by atoms with van der Waals surface area (Å²) in [6.45, 7) is 0. The number of halogens is 2. The third-order valence-corrected chi connectivity index (χ3v) is 5.38. The van der Waals surface area contributed by atoms with Crippen molar-refractivity contribution in [1.29, 1.82) is 0 Å².